The van der Waals surface area contributed by atoms with Gasteiger partial charge < -0.3 is 5.73 Å². The number of halogens is 1. The molecule has 2 N–H and O–H groups in total. The van der Waals surface area contributed by atoms with E-state index in [0.29, 0.717) is 4.34 Å². The summed E-state index contributed by atoms with van der Waals surface area (Å²) in [5.74, 6) is 0. The number of thiophene rings is 1. The van der Waals surface area contributed by atoms with Gasteiger partial charge in [-0.25, -0.2) is 8.42 Å². The van der Waals surface area contributed by atoms with E-state index in [1.54, 1.807) is 19.9 Å². The molecule has 0 amide bonds. The summed E-state index contributed by atoms with van der Waals surface area (Å²) in [5, 5.41) is 0. The van der Waals surface area contributed by atoms with Gasteiger partial charge in [-0.15, -0.1) is 11.3 Å². The molecule has 0 radical (unpaired) electrons. The number of thiocarbonyl (C=S) groups is 1. The summed E-state index contributed by atoms with van der Waals surface area (Å²) in [6, 6.07) is 1.02. The van der Waals surface area contributed by atoms with Crippen molar-refractivity contribution in [3.05, 3.63) is 16.0 Å². The molecule has 1 aromatic heterocycles. The van der Waals surface area contributed by atoms with Gasteiger partial charge >= 0.3 is 0 Å². The maximum atomic E-state index is 12.2. The van der Waals surface area contributed by atoms with Crippen LogP contribution in [0.2, 0.25) is 4.34 Å². The Morgan fingerprint density at radius 1 is 1.65 bits per heavy atom. The summed E-state index contributed by atoms with van der Waals surface area (Å²) >= 11 is 11.7. The van der Waals surface area contributed by atoms with Crippen molar-refractivity contribution < 1.29 is 8.42 Å². The first-order valence-electron chi connectivity index (χ1n) is 4.71. The first kappa shape index (κ1) is 14.8. The highest BCUT2D eigenvalue weighted by Crippen LogP contribution is 2.32. The van der Waals surface area contributed by atoms with Crippen molar-refractivity contribution in [2.45, 2.75) is 24.1 Å². The monoisotopic (exact) mass is 312 g/mol. The largest absolute Gasteiger partial charge is 0.392 e. The minimum absolute atomic E-state index is 0.135. The van der Waals surface area contributed by atoms with Crippen molar-refractivity contribution in [2.24, 2.45) is 5.73 Å². The number of aryl methyl sites for hydroxylation is 1. The van der Waals surface area contributed by atoms with Crippen LogP contribution in [-0.4, -0.2) is 30.8 Å². The maximum absolute atomic E-state index is 12.2. The Labute approximate surface area is 115 Å². The fourth-order valence-electron chi connectivity index (χ4n) is 1.09. The second-order valence-corrected chi connectivity index (χ2v) is 7.97. The average Bonchev–Trinajstić information content (AvgIpc) is 2.57. The molecule has 0 spiro atoms. The van der Waals surface area contributed by atoms with Crippen LogP contribution >= 0.6 is 35.2 Å². The summed E-state index contributed by atoms with van der Waals surface area (Å²) in [4.78, 5) is 0.135. The van der Waals surface area contributed by atoms with Crippen LogP contribution < -0.4 is 5.73 Å². The molecule has 1 aromatic rings. The highest BCUT2D eigenvalue weighted by Gasteiger charge is 2.28. The Hall–Kier alpha value is -0.210. The van der Waals surface area contributed by atoms with Gasteiger partial charge in [0, 0.05) is 7.05 Å². The van der Waals surface area contributed by atoms with Gasteiger partial charge in [0.05, 0.1) is 15.4 Å². The summed E-state index contributed by atoms with van der Waals surface area (Å²) < 4.78 is 26.2. The topological polar surface area (TPSA) is 63.4 Å². The standard InChI is InChI=1S/C9H13ClN2O2S3/c1-5-4-7(16-8(5)10)17(13,14)12(3)6(2)9(11)15/h4,6H,1-3H3,(H2,11,15). The van der Waals surface area contributed by atoms with Gasteiger partial charge in [-0.3, -0.25) is 0 Å². The molecular formula is C9H13ClN2O2S3. The first-order valence-corrected chi connectivity index (χ1v) is 7.75. The van der Waals surface area contributed by atoms with Crippen LogP contribution in [0.4, 0.5) is 0 Å². The zero-order valence-electron chi connectivity index (χ0n) is 9.60. The second kappa shape index (κ2) is 5.19. The van der Waals surface area contributed by atoms with Gasteiger partial charge in [0.1, 0.15) is 4.21 Å². The van der Waals surface area contributed by atoms with Crippen molar-refractivity contribution in [2.75, 3.05) is 7.05 Å². The molecule has 0 bridgehead atoms. The smallest absolute Gasteiger partial charge is 0.252 e. The molecule has 1 rings (SSSR count). The van der Waals surface area contributed by atoms with Crippen LogP contribution in [0.15, 0.2) is 10.3 Å². The normalized spacial score (nSPS) is 13.9. The summed E-state index contributed by atoms with van der Waals surface area (Å²) in [7, 11) is -2.14. The molecule has 1 atom stereocenters. The molecule has 96 valence electrons. The molecule has 1 heterocycles. The van der Waals surface area contributed by atoms with Crippen molar-refractivity contribution in [1.82, 2.24) is 4.31 Å². The molecular weight excluding hydrogens is 300 g/mol. The van der Waals surface area contributed by atoms with Crippen molar-refractivity contribution >= 4 is 50.2 Å². The molecule has 0 aromatic carbocycles. The van der Waals surface area contributed by atoms with Gasteiger partial charge in [0.25, 0.3) is 10.0 Å². The fraction of sp³-hybridized carbons (Fsp3) is 0.444. The van der Waals surface area contributed by atoms with Crippen molar-refractivity contribution in [3.8, 4) is 0 Å². The Morgan fingerprint density at radius 3 is 2.53 bits per heavy atom. The number of nitrogens with zero attached hydrogens (tertiary/aromatic N) is 1. The SMILES string of the molecule is Cc1cc(S(=O)(=O)N(C)C(C)C(N)=S)sc1Cl. The highest BCUT2D eigenvalue weighted by atomic mass is 35.5. The lowest BCUT2D eigenvalue weighted by molar-refractivity contribution is 0.453. The van der Waals surface area contributed by atoms with Crippen LogP contribution in [0.5, 0.6) is 0 Å². The van der Waals surface area contributed by atoms with E-state index < -0.39 is 16.1 Å². The molecule has 0 aliphatic heterocycles. The molecule has 0 aliphatic rings. The number of sulfonamides is 1. The predicted octanol–water partition coefficient (Wildman–Crippen LogP) is 2.01. The molecule has 8 heteroatoms. The Morgan fingerprint density at radius 2 is 2.18 bits per heavy atom. The van der Waals surface area contributed by atoms with Gasteiger partial charge in [-0.05, 0) is 25.5 Å². The van der Waals surface area contributed by atoms with Crippen LogP contribution in [0, 0.1) is 6.92 Å². The van der Waals surface area contributed by atoms with Crippen LogP contribution in [0.25, 0.3) is 0 Å². The highest BCUT2D eigenvalue weighted by molar-refractivity contribution is 7.91. The molecule has 1 unspecified atom stereocenters. The summed E-state index contributed by atoms with van der Waals surface area (Å²) in [5.41, 5.74) is 6.19. The number of rotatable bonds is 4. The van der Waals surface area contributed by atoms with E-state index in [0.717, 1.165) is 21.2 Å². The van der Waals surface area contributed by atoms with Gasteiger partial charge in [0.2, 0.25) is 0 Å². The maximum Gasteiger partial charge on any atom is 0.252 e. The van der Waals surface area contributed by atoms with E-state index in [1.165, 1.54) is 7.05 Å². The minimum atomic E-state index is -3.59. The van der Waals surface area contributed by atoms with E-state index in [-0.39, 0.29) is 9.20 Å². The Kier molecular flexibility index (Phi) is 4.54. The van der Waals surface area contributed by atoms with E-state index in [4.69, 9.17) is 29.6 Å². The minimum Gasteiger partial charge on any atom is -0.392 e. The second-order valence-electron chi connectivity index (χ2n) is 3.62. The van der Waals surface area contributed by atoms with E-state index in [1.807, 2.05) is 0 Å². The number of hydrogen-bond donors (Lipinski definition) is 1. The Bertz CT molecular complexity index is 519. The van der Waals surface area contributed by atoms with Gasteiger partial charge in [0.15, 0.2) is 0 Å². The predicted molar refractivity (Wildman–Crippen MR) is 75.3 cm³/mol. The molecule has 4 nitrogen and oxygen atoms in total. The molecule has 0 saturated carbocycles. The van der Waals surface area contributed by atoms with E-state index >= 15 is 0 Å². The lowest BCUT2D eigenvalue weighted by Crippen LogP contribution is -2.42. The zero-order chi connectivity index (χ0) is 13.4. The van der Waals surface area contributed by atoms with Crippen LogP contribution in [0.3, 0.4) is 0 Å². The first-order chi connectivity index (χ1) is 7.67. The lowest BCUT2D eigenvalue weighted by atomic mass is 10.3. The molecule has 0 aliphatic carbocycles. The summed E-state index contributed by atoms with van der Waals surface area (Å²) in [6.45, 7) is 3.40. The molecule has 0 saturated heterocycles. The molecule has 17 heavy (non-hydrogen) atoms. The van der Waals surface area contributed by atoms with E-state index in [9.17, 15) is 8.42 Å². The fourth-order valence-corrected chi connectivity index (χ4v) is 4.55. The Balaban J connectivity index is 3.15. The third kappa shape index (κ3) is 2.97. The van der Waals surface area contributed by atoms with Crippen molar-refractivity contribution in [1.29, 1.82) is 0 Å². The zero-order valence-corrected chi connectivity index (χ0v) is 12.8. The average molecular weight is 313 g/mol. The van der Waals surface area contributed by atoms with E-state index in [2.05, 4.69) is 0 Å². The van der Waals surface area contributed by atoms with Crippen LogP contribution in [0.1, 0.15) is 12.5 Å². The quantitative estimate of drug-likeness (QED) is 0.864. The van der Waals surface area contributed by atoms with Crippen LogP contribution in [-0.2, 0) is 10.0 Å². The number of hydrogen-bond acceptors (Lipinski definition) is 4. The third-order valence-electron chi connectivity index (χ3n) is 2.43. The van der Waals surface area contributed by atoms with Gasteiger partial charge in [-0.1, -0.05) is 23.8 Å². The van der Waals surface area contributed by atoms with Crippen molar-refractivity contribution in [3.63, 3.8) is 0 Å². The third-order valence-corrected chi connectivity index (χ3v) is 6.70. The number of nitrogens with two attached hydrogens (primary N) is 1. The molecule has 0 fully saturated rings. The lowest BCUT2D eigenvalue weighted by Gasteiger charge is -2.22. The number of likely N-dealkylation sites (N-methyl/N-ethyl adjacent to an activating group) is 1. The van der Waals surface area contributed by atoms with Gasteiger partial charge in [-0.2, -0.15) is 4.31 Å². The summed E-state index contributed by atoms with van der Waals surface area (Å²) in [6.07, 6.45) is 0.